The molecule has 0 aliphatic rings. The smallest absolute Gasteiger partial charge is 0.211 e. The van der Waals surface area contributed by atoms with Crippen LogP contribution in [-0.2, 0) is 19.9 Å². The van der Waals surface area contributed by atoms with Crippen molar-refractivity contribution in [2.75, 3.05) is 24.3 Å². The minimum Gasteiger partial charge on any atom is -0.229 e. The van der Waals surface area contributed by atoms with Gasteiger partial charge in [-0.15, -0.1) is 0 Å². The fourth-order valence-electron chi connectivity index (χ4n) is 0.903. The molecule has 14 heavy (non-hydrogen) atoms. The molecule has 0 saturated heterocycles. The molecule has 0 unspecified atom stereocenters. The number of sulfonamides is 1. The molecule has 0 amide bonds. The SMILES string of the molecule is CCCS(=O)(=O)NCCCS(C)(=O)=O. The molecule has 0 rings (SSSR count). The molecule has 0 spiro atoms. The topological polar surface area (TPSA) is 80.3 Å². The fraction of sp³-hybridized carbons (Fsp3) is 1.00. The summed E-state index contributed by atoms with van der Waals surface area (Å²) in [5.41, 5.74) is 0. The molecular formula is C7H17NO4S2. The van der Waals surface area contributed by atoms with E-state index in [-0.39, 0.29) is 18.1 Å². The van der Waals surface area contributed by atoms with Gasteiger partial charge in [-0.1, -0.05) is 6.92 Å². The van der Waals surface area contributed by atoms with Crippen molar-refractivity contribution < 1.29 is 16.8 Å². The lowest BCUT2D eigenvalue weighted by Crippen LogP contribution is -2.28. The Hall–Kier alpha value is -0.140. The third-order valence-corrected chi connectivity index (χ3v) is 4.11. The highest BCUT2D eigenvalue weighted by molar-refractivity contribution is 7.90. The van der Waals surface area contributed by atoms with E-state index in [9.17, 15) is 16.8 Å². The van der Waals surface area contributed by atoms with Gasteiger partial charge in [-0.05, 0) is 12.8 Å². The van der Waals surface area contributed by atoms with E-state index in [1.165, 1.54) is 0 Å². The first-order chi connectivity index (χ1) is 6.27. The van der Waals surface area contributed by atoms with Crippen molar-refractivity contribution in [3.05, 3.63) is 0 Å². The van der Waals surface area contributed by atoms with Crippen molar-refractivity contribution in [1.82, 2.24) is 4.72 Å². The molecule has 0 fully saturated rings. The molecule has 7 heteroatoms. The normalized spacial score (nSPS) is 13.0. The maximum absolute atomic E-state index is 11.1. The minimum absolute atomic E-state index is 0.0155. The summed E-state index contributed by atoms with van der Waals surface area (Å²) in [6.45, 7) is 1.96. The molecule has 1 N–H and O–H groups in total. The summed E-state index contributed by atoms with van der Waals surface area (Å²) in [5, 5.41) is 0. The van der Waals surface area contributed by atoms with Crippen LogP contribution in [0, 0.1) is 0 Å². The van der Waals surface area contributed by atoms with Gasteiger partial charge in [-0.25, -0.2) is 21.6 Å². The van der Waals surface area contributed by atoms with Gasteiger partial charge in [0.05, 0.1) is 11.5 Å². The first-order valence-electron chi connectivity index (χ1n) is 4.42. The zero-order valence-electron chi connectivity index (χ0n) is 8.49. The summed E-state index contributed by atoms with van der Waals surface area (Å²) in [5.74, 6) is 0.105. The van der Waals surface area contributed by atoms with Crippen LogP contribution in [0.1, 0.15) is 19.8 Å². The molecule has 0 aromatic rings. The van der Waals surface area contributed by atoms with Gasteiger partial charge in [0.2, 0.25) is 10.0 Å². The number of hydrogen-bond donors (Lipinski definition) is 1. The average molecular weight is 243 g/mol. The third-order valence-electron chi connectivity index (χ3n) is 1.49. The summed E-state index contributed by atoms with van der Waals surface area (Å²) >= 11 is 0. The third kappa shape index (κ3) is 8.46. The second-order valence-electron chi connectivity index (χ2n) is 3.20. The summed E-state index contributed by atoms with van der Waals surface area (Å²) in [6, 6.07) is 0. The fourth-order valence-corrected chi connectivity index (χ4v) is 2.71. The first-order valence-corrected chi connectivity index (χ1v) is 8.13. The molecule has 86 valence electrons. The summed E-state index contributed by atoms with van der Waals surface area (Å²) in [4.78, 5) is 0. The van der Waals surface area contributed by atoms with Gasteiger partial charge in [0, 0.05) is 12.8 Å². The van der Waals surface area contributed by atoms with Crippen LogP contribution in [0.5, 0.6) is 0 Å². The van der Waals surface area contributed by atoms with Gasteiger partial charge in [-0.2, -0.15) is 0 Å². The molecule has 0 radical (unpaired) electrons. The Bertz CT molecular complexity index is 344. The zero-order chi connectivity index (χ0) is 11.2. The van der Waals surface area contributed by atoms with E-state index in [0.29, 0.717) is 12.8 Å². The molecule has 0 saturated carbocycles. The molecule has 0 heterocycles. The van der Waals surface area contributed by atoms with E-state index in [2.05, 4.69) is 4.72 Å². The van der Waals surface area contributed by atoms with Gasteiger partial charge in [0.15, 0.2) is 0 Å². The second-order valence-corrected chi connectivity index (χ2v) is 7.38. The largest absolute Gasteiger partial charge is 0.229 e. The molecule has 0 atom stereocenters. The van der Waals surface area contributed by atoms with Gasteiger partial charge in [0.25, 0.3) is 0 Å². The average Bonchev–Trinajstić information content (AvgIpc) is 1.96. The monoisotopic (exact) mass is 243 g/mol. The highest BCUT2D eigenvalue weighted by Crippen LogP contribution is 1.91. The van der Waals surface area contributed by atoms with Crippen LogP contribution in [0.3, 0.4) is 0 Å². The van der Waals surface area contributed by atoms with Crippen LogP contribution < -0.4 is 4.72 Å². The van der Waals surface area contributed by atoms with Crippen molar-refractivity contribution in [3.63, 3.8) is 0 Å². The molecule has 0 aliphatic carbocycles. The van der Waals surface area contributed by atoms with Crippen molar-refractivity contribution in [2.45, 2.75) is 19.8 Å². The van der Waals surface area contributed by atoms with E-state index < -0.39 is 19.9 Å². The van der Waals surface area contributed by atoms with Crippen molar-refractivity contribution in [2.24, 2.45) is 0 Å². The summed E-state index contributed by atoms with van der Waals surface area (Å²) < 4.78 is 45.9. The predicted octanol–water partition coefficient (Wildman–Crippen LogP) is -0.249. The molecule has 0 aliphatic heterocycles. The van der Waals surface area contributed by atoms with Gasteiger partial charge < -0.3 is 0 Å². The quantitative estimate of drug-likeness (QED) is 0.625. The highest BCUT2D eigenvalue weighted by atomic mass is 32.2. The maximum atomic E-state index is 11.1. The Morgan fingerprint density at radius 1 is 1.07 bits per heavy atom. The van der Waals surface area contributed by atoms with E-state index in [1.807, 2.05) is 0 Å². The van der Waals surface area contributed by atoms with E-state index in [4.69, 9.17) is 0 Å². The maximum Gasteiger partial charge on any atom is 0.211 e. The van der Waals surface area contributed by atoms with Gasteiger partial charge in [0.1, 0.15) is 9.84 Å². The molecular weight excluding hydrogens is 226 g/mol. The Labute approximate surface area is 85.9 Å². The Kier molecular flexibility index (Phi) is 5.61. The standard InChI is InChI=1S/C7H17NO4S2/c1-3-6-14(11,12)8-5-4-7-13(2,9)10/h8H,3-7H2,1-2H3. The Morgan fingerprint density at radius 3 is 2.07 bits per heavy atom. The Balaban J connectivity index is 3.76. The summed E-state index contributed by atoms with van der Waals surface area (Å²) in [6.07, 6.45) is 2.01. The van der Waals surface area contributed by atoms with E-state index in [1.54, 1.807) is 6.92 Å². The molecule has 5 nitrogen and oxygen atoms in total. The van der Waals surface area contributed by atoms with Crippen molar-refractivity contribution >= 4 is 19.9 Å². The zero-order valence-corrected chi connectivity index (χ0v) is 10.1. The lowest BCUT2D eigenvalue weighted by atomic mass is 10.5. The van der Waals surface area contributed by atoms with Crippen molar-refractivity contribution in [1.29, 1.82) is 0 Å². The predicted molar refractivity (Wildman–Crippen MR) is 56.4 cm³/mol. The highest BCUT2D eigenvalue weighted by Gasteiger charge is 2.08. The first kappa shape index (κ1) is 13.9. The number of nitrogens with one attached hydrogen (secondary N) is 1. The van der Waals surface area contributed by atoms with E-state index >= 15 is 0 Å². The lowest BCUT2D eigenvalue weighted by molar-refractivity contribution is 0.576. The lowest BCUT2D eigenvalue weighted by Gasteiger charge is -2.04. The van der Waals surface area contributed by atoms with Crippen LogP contribution >= 0.6 is 0 Å². The second kappa shape index (κ2) is 5.67. The van der Waals surface area contributed by atoms with Gasteiger partial charge >= 0.3 is 0 Å². The number of sulfone groups is 1. The summed E-state index contributed by atoms with van der Waals surface area (Å²) in [7, 11) is -6.18. The van der Waals surface area contributed by atoms with Crippen LogP contribution in [0.4, 0.5) is 0 Å². The van der Waals surface area contributed by atoms with Crippen LogP contribution in [0.25, 0.3) is 0 Å². The number of rotatable bonds is 7. The molecule has 0 bridgehead atoms. The molecule has 0 aromatic carbocycles. The van der Waals surface area contributed by atoms with Crippen LogP contribution in [-0.4, -0.2) is 41.1 Å². The minimum atomic E-state index is -3.19. The van der Waals surface area contributed by atoms with Gasteiger partial charge in [-0.3, -0.25) is 0 Å². The number of hydrogen-bond acceptors (Lipinski definition) is 4. The van der Waals surface area contributed by atoms with Crippen LogP contribution in [0.2, 0.25) is 0 Å². The van der Waals surface area contributed by atoms with Crippen LogP contribution in [0.15, 0.2) is 0 Å². The van der Waals surface area contributed by atoms with Crippen molar-refractivity contribution in [3.8, 4) is 0 Å². The Morgan fingerprint density at radius 2 is 1.64 bits per heavy atom. The van der Waals surface area contributed by atoms with E-state index in [0.717, 1.165) is 6.26 Å². The molecule has 0 aromatic heterocycles.